The normalized spacial score (nSPS) is 20.7. The van der Waals surface area contributed by atoms with Crippen LogP contribution in [0.3, 0.4) is 0 Å². The molecule has 1 aliphatic heterocycles. The molecule has 1 saturated carbocycles. The van der Waals surface area contributed by atoms with Crippen LogP contribution in [0.15, 0.2) is 30.5 Å². The van der Waals surface area contributed by atoms with Gasteiger partial charge in [0, 0.05) is 28.7 Å². The van der Waals surface area contributed by atoms with E-state index < -0.39 is 5.97 Å². The molecule has 9 heteroatoms. The number of fused-ring (bicyclic) bond motifs is 3. The van der Waals surface area contributed by atoms with Gasteiger partial charge in [-0.2, -0.15) is 0 Å². The molecule has 1 N–H and O–H groups in total. The molecule has 0 radical (unpaired) electrons. The van der Waals surface area contributed by atoms with Crippen LogP contribution in [0.2, 0.25) is 4.34 Å². The van der Waals surface area contributed by atoms with Crippen molar-refractivity contribution >= 4 is 45.8 Å². The lowest BCUT2D eigenvalue weighted by molar-refractivity contribution is -0.146. The van der Waals surface area contributed by atoms with Crippen molar-refractivity contribution in [2.75, 3.05) is 13.2 Å². The number of aliphatic carboxylic acids is 1. The zero-order chi connectivity index (χ0) is 22.9. The molecule has 7 nitrogen and oxygen atoms in total. The number of pyridine rings is 1. The van der Waals surface area contributed by atoms with Gasteiger partial charge in [0.1, 0.15) is 12.3 Å². The average Bonchev–Trinajstić information content (AvgIpc) is 3.38. The summed E-state index contributed by atoms with van der Waals surface area (Å²) in [5, 5.41) is 10.3. The van der Waals surface area contributed by atoms with Crippen LogP contribution >= 0.6 is 22.9 Å². The van der Waals surface area contributed by atoms with Gasteiger partial charge >= 0.3 is 5.97 Å². The summed E-state index contributed by atoms with van der Waals surface area (Å²) >= 11 is 7.70. The second-order valence-corrected chi connectivity index (χ2v) is 10.6. The lowest BCUT2D eigenvalue weighted by Gasteiger charge is -2.30. The Morgan fingerprint density at radius 2 is 2.03 bits per heavy atom. The Bertz CT molecular complexity index is 1180. The highest BCUT2D eigenvalue weighted by Crippen LogP contribution is 2.32. The molecule has 2 aliphatic rings. The molecular weight excluding hydrogens is 462 g/mol. The highest BCUT2D eigenvalue weighted by molar-refractivity contribution is 7.16. The van der Waals surface area contributed by atoms with Crippen molar-refractivity contribution < 1.29 is 19.4 Å². The van der Waals surface area contributed by atoms with Gasteiger partial charge in [-0.1, -0.05) is 11.6 Å². The Balaban J connectivity index is 1.29. The highest BCUT2D eigenvalue weighted by atomic mass is 35.5. The van der Waals surface area contributed by atoms with Gasteiger partial charge in [0.05, 0.1) is 29.4 Å². The van der Waals surface area contributed by atoms with Crippen LogP contribution in [-0.4, -0.2) is 50.7 Å². The minimum absolute atomic E-state index is 0.0232. The molecule has 5 rings (SSSR count). The summed E-state index contributed by atoms with van der Waals surface area (Å²) in [5.41, 5.74) is 3.32. The van der Waals surface area contributed by atoms with Crippen molar-refractivity contribution in [3.63, 3.8) is 0 Å². The van der Waals surface area contributed by atoms with E-state index in [0.717, 1.165) is 32.4 Å². The predicted molar refractivity (Wildman–Crippen MR) is 127 cm³/mol. The molecule has 0 aromatic carbocycles. The van der Waals surface area contributed by atoms with Gasteiger partial charge in [0.25, 0.3) is 0 Å². The molecule has 4 heterocycles. The van der Waals surface area contributed by atoms with Crippen LogP contribution in [0.1, 0.15) is 41.8 Å². The van der Waals surface area contributed by atoms with Crippen molar-refractivity contribution in [2.24, 2.45) is 5.92 Å². The number of hydrogen-bond acceptors (Lipinski definition) is 5. The largest absolute Gasteiger partial charge is 0.481 e. The van der Waals surface area contributed by atoms with Gasteiger partial charge in [-0.25, -0.2) is 4.98 Å². The summed E-state index contributed by atoms with van der Waals surface area (Å²) in [7, 11) is 0. The van der Waals surface area contributed by atoms with Crippen molar-refractivity contribution in [3.05, 3.63) is 50.9 Å². The average molecular weight is 488 g/mol. The molecule has 33 heavy (non-hydrogen) atoms. The minimum Gasteiger partial charge on any atom is -0.481 e. The maximum atomic E-state index is 13.0. The van der Waals surface area contributed by atoms with E-state index in [9.17, 15) is 9.59 Å². The quantitative estimate of drug-likeness (QED) is 0.559. The van der Waals surface area contributed by atoms with Crippen molar-refractivity contribution in [3.8, 4) is 0 Å². The number of hydrogen-bond donors (Lipinski definition) is 1. The fourth-order valence-corrected chi connectivity index (χ4v) is 6.07. The number of carboxylic acid groups (broad SMARTS) is 1. The standard InChI is InChI=1S/C24H26ClN3O4S/c25-21-8-7-17(33-21)12-28-20-13-27(11-9-18(20)19-2-1-10-26-23(19)28)22(29)14-32-16-5-3-15(4-6-16)24(30)31/h1-2,7-8,10,15-16H,3-6,9,11-14H2,(H,30,31)/t15-,16+. The van der Waals surface area contributed by atoms with Gasteiger partial charge in [-0.15, -0.1) is 11.3 Å². The lowest BCUT2D eigenvalue weighted by atomic mass is 9.87. The van der Waals surface area contributed by atoms with Gasteiger partial charge in [-0.3, -0.25) is 9.59 Å². The van der Waals surface area contributed by atoms with E-state index in [1.54, 1.807) is 11.3 Å². The molecule has 3 aromatic rings. The zero-order valence-corrected chi connectivity index (χ0v) is 19.8. The summed E-state index contributed by atoms with van der Waals surface area (Å²) in [6.07, 6.45) is 5.16. The number of halogens is 1. The monoisotopic (exact) mass is 487 g/mol. The van der Waals surface area contributed by atoms with Crippen molar-refractivity contribution in [1.29, 1.82) is 0 Å². The third-order valence-electron chi connectivity index (χ3n) is 6.78. The number of carboxylic acids is 1. The molecule has 0 spiro atoms. The molecule has 1 aliphatic carbocycles. The molecular formula is C24H26ClN3O4S. The van der Waals surface area contributed by atoms with Crippen LogP contribution in [0, 0.1) is 5.92 Å². The highest BCUT2D eigenvalue weighted by Gasteiger charge is 2.30. The summed E-state index contributed by atoms with van der Waals surface area (Å²) in [4.78, 5) is 31.8. The van der Waals surface area contributed by atoms with E-state index in [4.69, 9.17) is 21.4 Å². The van der Waals surface area contributed by atoms with E-state index in [2.05, 4.69) is 15.6 Å². The third kappa shape index (κ3) is 4.65. The first-order valence-electron chi connectivity index (χ1n) is 11.3. The Morgan fingerprint density at radius 3 is 2.76 bits per heavy atom. The summed E-state index contributed by atoms with van der Waals surface area (Å²) < 4.78 is 8.85. The molecule has 0 atom stereocenters. The Morgan fingerprint density at radius 1 is 1.21 bits per heavy atom. The summed E-state index contributed by atoms with van der Waals surface area (Å²) in [6, 6.07) is 8.00. The minimum atomic E-state index is -0.733. The predicted octanol–water partition coefficient (Wildman–Crippen LogP) is 4.34. The molecule has 0 unspecified atom stereocenters. The lowest BCUT2D eigenvalue weighted by Crippen LogP contribution is -2.40. The number of thiophene rings is 1. The second-order valence-electron chi connectivity index (χ2n) is 8.78. The van der Waals surface area contributed by atoms with Gasteiger partial charge < -0.3 is 19.3 Å². The van der Waals surface area contributed by atoms with E-state index in [-0.39, 0.29) is 24.5 Å². The molecule has 0 saturated heterocycles. The van der Waals surface area contributed by atoms with Crippen LogP contribution < -0.4 is 0 Å². The molecule has 1 amide bonds. The number of rotatable bonds is 6. The number of carbonyl (C=O) groups is 2. The number of nitrogens with zero attached hydrogens (tertiary/aromatic N) is 3. The molecule has 174 valence electrons. The maximum absolute atomic E-state index is 13.0. The number of aromatic nitrogens is 2. The number of amides is 1. The van der Waals surface area contributed by atoms with E-state index in [0.29, 0.717) is 45.3 Å². The first-order chi connectivity index (χ1) is 16.0. The van der Waals surface area contributed by atoms with Crippen molar-refractivity contribution in [2.45, 2.75) is 51.3 Å². The summed E-state index contributed by atoms with van der Waals surface area (Å²) in [5.74, 6) is -1.04. The maximum Gasteiger partial charge on any atom is 0.306 e. The molecule has 1 fully saturated rings. The Kier molecular flexibility index (Phi) is 6.40. The number of ether oxygens (including phenoxy) is 1. The van der Waals surface area contributed by atoms with E-state index in [1.807, 2.05) is 29.3 Å². The third-order valence-corrected chi connectivity index (χ3v) is 7.99. The Labute approximate surface area is 200 Å². The fraction of sp³-hybridized carbons (Fsp3) is 0.458. The van der Waals surface area contributed by atoms with Crippen molar-refractivity contribution in [1.82, 2.24) is 14.5 Å². The number of carbonyl (C=O) groups excluding carboxylic acids is 1. The van der Waals surface area contributed by atoms with Crippen LogP contribution in [0.4, 0.5) is 0 Å². The van der Waals surface area contributed by atoms with Gasteiger partial charge in [0.15, 0.2) is 0 Å². The van der Waals surface area contributed by atoms with Crippen LogP contribution in [0.25, 0.3) is 11.0 Å². The van der Waals surface area contributed by atoms with Crippen LogP contribution in [0.5, 0.6) is 0 Å². The first kappa shape index (κ1) is 22.4. The van der Waals surface area contributed by atoms with Gasteiger partial charge in [-0.05, 0) is 61.9 Å². The molecule has 3 aromatic heterocycles. The topological polar surface area (TPSA) is 84.7 Å². The molecule has 0 bridgehead atoms. The summed E-state index contributed by atoms with van der Waals surface area (Å²) in [6.45, 7) is 1.89. The smallest absolute Gasteiger partial charge is 0.306 e. The zero-order valence-electron chi connectivity index (χ0n) is 18.2. The van der Waals surface area contributed by atoms with E-state index in [1.165, 1.54) is 5.56 Å². The Hall–Kier alpha value is -2.42. The van der Waals surface area contributed by atoms with Crippen LogP contribution in [-0.2, 0) is 33.8 Å². The fourth-order valence-electron chi connectivity index (χ4n) is 4.99. The van der Waals surface area contributed by atoms with Gasteiger partial charge in [0.2, 0.25) is 5.91 Å². The SMILES string of the molecule is O=C(CO[C@H]1CC[C@@H](C(=O)O)CC1)N1CCc2c(n(Cc3ccc(Cl)s3)c3ncccc23)C1. The first-order valence-corrected chi connectivity index (χ1v) is 12.5. The second kappa shape index (κ2) is 9.44. The van der Waals surface area contributed by atoms with E-state index >= 15 is 0 Å².